The van der Waals surface area contributed by atoms with Gasteiger partial charge in [0.25, 0.3) is 0 Å². The molecule has 0 spiro atoms. The van der Waals surface area contributed by atoms with Gasteiger partial charge in [0.15, 0.2) is 0 Å². The zero-order valence-corrected chi connectivity index (χ0v) is 13.0. The van der Waals surface area contributed by atoms with Crippen LogP contribution in [0.15, 0.2) is 18.2 Å². The standard InChI is InChI=1S/C18H28N2/c1-14(16-9-6-12-20(2)13-16)19-18-11-5-8-15-7-3-4-10-17(15)18/h5,8,11,14,16,19H,3-4,6-7,9-10,12-13H2,1-2H3. The zero-order chi connectivity index (χ0) is 13.9. The van der Waals surface area contributed by atoms with E-state index in [-0.39, 0.29) is 0 Å². The quantitative estimate of drug-likeness (QED) is 0.902. The van der Waals surface area contributed by atoms with Gasteiger partial charge in [-0.2, -0.15) is 0 Å². The van der Waals surface area contributed by atoms with Crippen molar-refractivity contribution in [2.45, 2.75) is 51.5 Å². The monoisotopic (exact) mass is 272 g/mol. The number of nitrogens with one attached hydrogen (secondary N) is 1. The summed E-state index contributed by atoms with van der Waals surface area (Å²) in [5.74, 6) is 0.785. The molecule has 2 aliphatic rings. The SMILES string of the molecule is CC(Nc1cccc2c1CCCC2)C1CCCN(C)C1. The molecular formula is C18H28N2. The summed E-state index contributed by atoms with van der Waals surface area (Å²) in [6.45, 7) is 4.87. The van der Waals surface area contributed by atoms with Crippen LogP contribution in [0.5, 0.6) is 0 Å². The van der Waals surface area contributed by atoms with Crippen LogP contribution in [0.1, 0.15) is 43.7 Å². The number of fused-ring (bicyclic) bond motifs is 1. The predicted octanol–water partition coefficient (Wildman–Crippen LogP) is 3.71. The van der Waals surface area contributed by atoms with E-state index >= 15 is 0 Å². The molecule has 1 N–H and O–H groups in total. The highest BCUT2D eigenvalue weighted by Gasteiger charge is 2.23. The van der Waals surface area contributed by atoms with Gasteiger partial charge in [-0.25, -0.2) is 0 Å². The van der Waals surface area contributed by atoms with Crippen LogP contribution in [0.3, 0.4) is 0 Å². The van der Waals surface area contributed by atoms with Crippen LogP contribution >= 0.6 is 0 Å². The molecule has 0 amide bonds. The van der Waals surface area contributed by atoms with Gasteiger partial charge in [-0.15, -0.1) is 0 Å². The highest BCUT2D eigenvalue weighted by molar-refractivity contribution is 5.56. The molecule has 20 heavy (non-hydrogen) atoms. The van der Waals surface area contributed by atoms with Crippen LogP contribution in [0.25, 0.3) is 0 Å². The Balaban J connectivity index is 1.71. The van der Waals surface area contributed by atoms with E-state index < -0.39 is 0 Å². The molecule has 110 valence electrons. The van der Waals surface area contributed by atoms with Crippen LogP contribution in [0.4, 0.5) is 5.69 Å². The lowest BCUT2D eigenvalue weighted by Crippen LogP contribution is -2.40. The molecule has 2 nitrogen and oxygen atoms in total. The maximum absolute atomic E-state index is 3.83. The van der Waals surface area contributed by atoms with Gasteiger partial charge < -0.3 is 10.2 Å². The summed E-state index contributed by atoms with van der Waals surface area (Å²) in [4.78, 5) is 2.48. The molecule has 1 aromatic carbocycles. The molecule has 3 rings (SSSR count). The molecule has 2 atom stereocenters. The molecule has 1 aromatic rings. The first kappa shape index (κ1) is 13.9. The van der Waals surface area contributed by atoms with Gasteiger partial charge in [-0.1, -0.05) is 12.1 Å². The van der Waals surface area contributed by atoms with Gasteiger partial charge in [-0.3, -0.25) is 0 Å². The third-order valence-electron chi connectivity index (χ3n) is 5.15. The van der Waals surface area contributed by atoms with Crippen molar-refractivity contribution in [3.05, 3.63) is 29.3 Å². The second-order valence-electron chi connectivity index (χ2n) is 6.75. The third kappa shape index (κ3) is 3.01. The molecule has 1 saturated heterocycles. The van der Waals surface area contributed by atoms with Crippen LogP contribution < -0.4 is 5.32 Å². The maximum Gasteiger partial charge on any atom is 0.0377 e. The summed E-state index contributed by atoms with van der Waals surface area (Å²) < 4.78 is 0. The summed E-state index contributed by atoms with van der Waals surface area (Å²) in [6, 6.07) is 7.41. The van der Waals surface area contributed by atoms with Crippen molar-refractivity contribution < 1.29 is 0 Å². The van der Waals surface area contributed by atoms with Gasteiger partial charge in [-0.05, 0) is 82.2 Å². The van der Waals surface area contributed by atoms with Crippen LogP contribution in [-0.2, 0) is 12.8 Å². The fourth-order valence-corrected chi connectivity index (χ4v) is 3.89. The number of hydrogen-bond donors (Lipinski definition) is 1. The molecule has 1 aliphatic heterocycles. The summed E-state index contributed by atoms with van der Waals surface area (Å²) >= 11 is 0. The topological polar surface area (TPSA) is 15.3 Å². The molecular weight excluding hydrogens is 244 g/mol. The zero-order valence-electron chi connectivity index (χ0n) is 13.0. The number of anilines is 1. The highest BCUT2D eigenvalue weighted by atomic mass is 15.1. The minimum absolute atomic E-state index is 0.575. The van der Waals surface area contributed by atoms with Crippen molar-refractivity contribution in [1.29, 1.82) is 0 Å². The Kier molecular flexibility index (Phi) is 4.30. The molecule has 0 aromatic heterocycles. The molecule has 2 heteroatoms. The Morgan fingerprint density at radius 1 is 1.20 bits per heavy atom. The maximum atomic E-state index is 3.83. The summed E-state index contributed by atoms with van der Waals surface area (Å²) in [5.41, 5.74) is 4.58. The van der Waals surface area contributed by atoms with Crippen LogP contribution in [-0.4, -0.2) is 31.1 Å². The van der Waals surface area contributed by atoms with E-state index in [1.807, 2.05) is 0 Å². The summed E-state index contributed by atoms with van der Waals surface area (Å²) in [5, 5.41) is 3.83. The van der Waals surface area contributed by atoms with Crippen molar-refractivity contribution in [3.63, 3.8) is 0 Å². The lowest BCUT2D eigenvalue weighted by Gasteiger charge is -2.35. The minimum Gasteiger partial charge on any atom is -0.382 e. The Bertz CT molecular complexity index is 455. The third-order valence-corrected chi connectivity index (χ3v) is 5.15. The number of aryl methyl sites for hydroxylation is 1. The first-order valence-corrected chi connectivity index (χ1v) is 8.30. The molecule has 0 saturated carbocycles. The molecule has 0 radical (unpaired) electrons. The van der Waals surface area contributed by atoms with E-state index in [0.717, 1.165) is 5.92 Å². The van der Waals surface area contributed by atoms with E-state index in [1.54, 1.807) is 11.1 Å². The smallest absolute Gasteiger partial charge is 0.0377 e. The molecule has 1 fully saturated rings. The van der Waals surface area contributed by atoms with E-state index in [1.165, 1.54) is 57.3 Å². The fraction of sp³-hybridized carbons (Fsp3) is 0.667. The van der Waals surface area contributed by atoms with E-state index in [2.05, 4.69) is 42.4 Å². The van der Waals surface area contributed by atoms with Crippen molar-refractivity contribution in [1.82, 2.24) is 4.90 Å². The number of rotatable bonds is 3. The van der Waals surface area contributed by atoms with Crippen LogP contribution in [0, 0.1) is 5.92 Å². The molecule has 0 bridgehead atoms. The second kappa shape index (κ2) is 6.17. The minimum atomic E-state index is 0.575. The lowest BCUT2D eigenvalue weighted by molar-refractivity contribution is 0.197. The van der Waals surface area contributed by atoms with Gasteiger partial charge in [0.1, 0.15) is 0 Å². The summed E-state index contributed by atoms with van der Waals surface area (Å²) in [6.07, 6.45) is 7.96. The molecule has 2 unspecified atom stereocenters. The molecule has 1 heterocycles. The van der Waals surface area contributed by atoms with Gasteiger partial charge in [0.05, 0.1) is 0 Å². The Labute approximate surface area is 123 Å². The van der Waals surface area contributed by atoms with Crippen molar-refractivity contribution in [3.8, 4) is 0 Å². The number of piperidine rings is 1. The fourth-order valence-electron chi connectivity index (χ4n) is 3.89. The van der Waals surface area contributed by atoms with Crippen molar-refractivity contribution >= 4 is 5.69 Å². The average molecular weight is 272 g/mol. The number of benzene rings is 1. The van der Waals surface area contributed by atoms with Crippen LogP contribution in [0.2, 0.25) is 0 Å². The molecule has 1 aliphatic carbocycles. The van der Waals surface area contributed by atoms with E-state index in [9.17, 15) is 0 Å². The predicted molar refractivity (Wildman–Crippen MR) is 86.4 cm³/mol. The number of likely N-dealkylation sites (tertiary alicyclic amines) is 1. The van der Waals surface area contributed by atoms with Gasteiger partial charge in [0.2, 0.25) is 0 Å². The second-order valence-corrected chi connectivity index (χ2v) is 6.75. The Morgan fingerprint density at radius 2 is 2.05 bits per heavy atom. The number of hydrogen-bond acceptors (Lipinski definition) is 2. The van der Waals surface area contributed by atoms with Crippen molar-refractivity contribution in [2.24, 2.45) is 5.92 Å². The first-order chi connectivity index (χ1) is 9.74. The van der Waals surface area contributed by atoms with Gasteiger partial charge >= 0.3 is 0 Å². The Morgan fingerprint density at radius 3 is 2.90 bits per heavy atom. The average Bonchev–Trinajstić information content (AvgIpc) is 2.47. The van der Waals surface area contributed by atoms with Crippen molar-refractivity contribution in [2.75, 3.05) is 25.5 Å². The van der Waals surface area contributed by atoms with Gasteiger partial charge in [0, 0.05) is 18.3 Å². The number of nitrogens with zero attached hydrogens (tertiary/aromatic N) is 1. The normalized spacial score (nSPS) is 25.0. The summed E-state index contributed by atoms with van der Waals surface area (Å²) in [7, 11) is 2.25. The van der Waals surface area contributed by atoms with E-state index in [0.29, 0.717) is 6.04 Å². The lowest BCUT2D eigenvalue weighted by atomic mass is 9.88. The van der Waals surface area contributed by atoms with E-state index in [4.69, 9.17) is 0 Å². The highest BCUT2D eigenvalue weighted by Crippen LogP contribution is 2.30. The first-order valence-electron chi connectivity index (χ1n) is 8.30. The Hall–Kier alpha value is -1.02. The largest absolute Gasteiger partial charge is 0.382 e.